The highest BCUT2D eigenvalue weighted by molar-refractivity contribution is 6.30. The minimum atomic E-state index is 0.231. The Morgan fingerprint density at radius 1 is 1.44 bits per heavy atom. The van der Waals surface area contributed by atoms with E-state index in [9.17, 15) is 0 Å². The molecule has 100 valence electrons. The summed E-state index contributed by atoms with van der Waals surface area (Å²) in [7, 11) is 1.61. The fraction of sp³-hybridized carbons (Fsp3) is 0.615. The lowest BCUT2D eigenvalue weighted by molar-refractivity contribution is 0.0566. The predicted octanol–water partition coefficient (Wildman–Crippen LogP) is 2.64. The molecule has 0 unspecified atom stereocenters. The van der Waals surface area contributed by atoms with E-state index in [1.54, 1.807) is 13.3 Å². The molecule has 1 N–H and O–H groups in total. The summed E-state index contributed by atoms with van der Waals surface area (Å²) in [5.41, 5.74) is 1.10. The Hall–Kier alpha value is -1.00. The zero-order chi connectivity index (χ0) is 13.3. The second-order valence-corrected chi connectivity index (χ2v) is 6.06. The number of methoxy groups -OCH3 is 1. The maximum absolute atomic E-state index is 5.95. The normalized spacial score (nSPS) is 17.4. The number of ether oxygens (including phenoxy) is 1. The van der Waals surface area contributed by atoms with E-state index < -0.39 is 0 Å². The SMILES string of the molecule is COc1ncc(Cl)cc1NC1CN(C(C)(C)C)C1. The summed E-state index contributed by atoms with van der Waals surface area (Å²) in [6, 6.07) is 2.28. The third-order valence-electron chi connectivity index (χ3n) is 3.20. The number of nitrogens with zero attached hydrogens (tertiary/aromatic N) is 2. The van der Waals surface area contributed by atoms with Crippen molar-refractivity contribution in [1.29, 1.82) is 0 Å². The average molecular weight is 270 g/mol. The summed E-state index contributed by atoms with van der Waals surface area (Å²) >= 11 is 5.95. The second-order valence-electron chi connectivity index (χ2n) is 5.63. The van der Waals surface area contributed by atoms with E-state index in [1.165, 1.54) is 0 Å². The number of rotatable bonds is 3. The Kier molecular flexibility index (Phi) is 3.69. The van der Waals surface area contributed by atoms with Crippen LogP contribution in [0.5, 0.6) is 5.88 Å². The first kappa shape index (κ1) is 13.4. The molecule has 2 rings (SSSR count). The molecule has 1 aromatic heterocycles. The molecule has 0 aromatic carbocycles. The van der Waals surface area contributed by atoms with Gasteiger partial charge in [-0.25, -0.2) is 4.98 Å². The molecule has 2 heterocycles. The highest BCUT2D eigenvalue weighted by atomic mass is 35.5. The van der Waals surface area contributed by atoms with E-state index in [-0.39, 0.29) is 5.54 Å². The number of likely N-dealkylation sites (tertiary alicyclic amines) is 1. The molecule has 1 aromatic rings. The summed E-state index contributed by atoms with van der Waals surface area (Å²) < 4.78 is 5.22. The van der Waals surface area contributed by atoms with E-state index in [2.05, 4.69) is 36.0 Å². The van der Waals surface area contributed by atoms with Crippen molar-refractivity contribution >= 4 is 17.3 Å². The highest BCUT2D eigenvalue weighted by Gasteiger charge is 2.34. The maximum Gasteiger partial charge on any atom is 0.237 e. The van der Waals surface area contributed by atoms with Gasteiger partial charge in [-0.1, -0.05) is 11.6 Å². The van der Waals surface area contributed by atoms with Crippen LogP contribution in [0.4, 0.5) is 5.69 Å². The van der Waals surface area contributed by atoms with Crippen LogP contribution >= 0.6 is 11.6 Å². The molecule has 0 spiro atoms. The average Bonchev–Trinajstić information content (AvgIpc) is 2.21. The molecule has 1 aliphatic rings. The molecule has 0 bridgehead atoms. The predicted molar refractivity (Wildman–Crippen MR) is 74.5 cm³/mol. The van der Waals surface area contributed by atoms with Crippen LogP contribution in [0.2, 0.25) is 5.02 Å². The van der Waals surface area contributed by atoms with E-state index in [0.717, 1.165) is 18.8 Å². The van der Waals surface area contributed by atoms with Gasteiger partial charge in [0, 0.05) is 24.8 Å². The zero-order valence-corrected chi connectivity index (χ0v) is 12.1. The lowest BCUT2D eigenvalue weighted by atomic mass is 9.97. The van der Waals surface area contributed by atoms with E-state index in [4.69, 9.17) is 16.3 Å². The topological polar surface area (TPSA) is 37.4 Å². The molecule has 5 heteroatoms. The van der Waals surface area contributed by atoms with E-state index >= 15 is 0 Å². The first-order valence-corrected chi connectivity index (χ1v) is 6.49. The van der Waals surface area contributed by atoms with Crippen molar-refractivity contribution < 1.29 is 4.74 Å². The first-order chi connectivity index (χ1) is 8.40. The Bertz CT molecular complexity index is 425. The number of aromatic nitrogens is 1. The Morgan fingerprint density at radius 3 is 2.67 bits per heavy atom. The van der Waals surface area contributed by atoms with Crippen molar-refractivity contribution in [2.24, 2.45) is 0 Å². The van der Waals surface area contributed by atoms with Crippen LogP contribution in [0.3, 0.4) is 0 Å². The summed E-state index contributed by atoms with van der Waals surface area (Å²) in [5.74, 6) is 0.591. The highest BCUT2D eigenvalue weighted by Crippen LogP contribution is 2.28. The van der Waals surface area contributed by atoms with Gasteiger partial charge in [0.25, 0.3) is 0 Å². The van der Waals surface area contributed by atoms with Crippen molar-refractivity contribution in [2.45, 2.75) is 32.4 Å². The third kappa shape index (κ3) is 2.87. The van der Waals surface area contributed by atoms with Gasteiger partial charge in [-0.2, -0.15) is 0 Å². The van der Waals surface area contributed by atoms with Crippen molar-refractivity contribution in [3.8, 4) is 5.88 Å². The van der Waals surface area contributed by atoms with Gasteiger partial charge in [-0.05, 0) is 26.8 Å². The van der Waals surface area contributed by atoms with Gasteiger partial charge < -0.3 is 10.1 Å². The van der Waals surface area contributed by atoms with Crippen molar-refractivity contribution in [2.75, 3.05) is 25.5 Å². The molecule has 1 fully saturated rings. The number of nitrogens with one attached hydrogen (secondary N) is 1. The van der Waals surface area contributed by atoms with Crippen molar-refractivity contribution in [1.82, 2.24) is 9.88 Å². The van der Waals surface area contributed by atoms with Gasteiger partial charge in [0.05, 0.1) is 23.9 Å². The Morgan fingerprint density at radius 2 is 2.11 bits per heavy atom. The van der Waals surface area contributed by atoms with Crippen molar-refractivity contribution in [3.63, 3.8) is 0 Å². The molecular weight excluding hydrogens is 250 g/mol. The second kappa shape index (κ2) is 4.94. The van der Waals surface area contributed by atoms with Crippen LogP contribution in [-0.2, 0) is 0 Å². The molecule has 4 nitrogen and oxygen atoms in total. The standard InChI is InChI=1S/C13H20ClN3O/c1-13(2,3)17-7-10(8-17)16-11-5-9(14)6-15-12(11)18-4/h5-6,10,16H,7-8H2,1-4H3. The van der Waals surface area contributed by atoms with Crippen molar-refractivity contribution in [3.05, 3.63) is 17.3 Å². The van der Waals surface area contributed by atoms with Crippen LogP contribution in [0.1, 0.15) is 20.8 Å². The Labute approximate surface area is 113 Å². The number of anilines is 1. The molecule has 1 aliphatic heterocycles. The van der Waals surface area contributed by atoms with Crippen LogP contribution in [0.25, 0.3) is 0 Å². The number of hydrogen-bond donors (Lipinski definition) is 1. The van der Waals surface area contributed by atoms with Gasteiger partial charge in [0.2, 0.25) is 5.88 Å². The quantitative estimate of drug-likeness (QED) is 0.915. The number of pyridine rings is 1. The van der Waals surface area contributed by atoms with E-state index in [1.807, 2.05) is 6.07 Å². The smallest absolute Gasteiger partial charge is 0.237 e. The number of halogens is 1. The van der Waals surface area contributed by atoms with Gasteiger partial charge in [0.1, 0.15) is 0 Å². The molecule has 1 saturated heterocycles. The molecule has 0 atom stereocenters. The summed E-state index contributed by atoms with van der Waals surface area (Å²) in [5, 5.41) is 4.04. The largest absolute Gasteiger partial charge is 0.480 e. The molecular formula is C13H20ClN3O. The minimum Gasteiger partial charge on any atom is -0.480 e. The lowest BCUT2D eigenvalue weighted by Gasteiger charge is -2.48. The van der Waals surface area contributed by atoms with Gasteiger partial charge >= 0.3 is 0 Å². The fourth-order valence-electron chi connectivity index (χ4n) is 2.03. The van der Waals surface area contributed by atoms with E-state index in [0.29, 0.717) is 16.9 Å². The monoisotopic (exact) mass is 269 g/mol. The lowest BCUT2D eigenvalue weighted by Crippen LogP contribution is -2.61. The minimum absolute atomic E-state index is 0.231. The van der Waals surface area contributed by atoms with Gasteiger partial charge in [-0.15, -0.1) is 0 Å². The summed E-state index contributed by atoms with van der Waals surface area (Å²) in [6.07, 6.45) is 1.59. The Balaban J connectivity index is 1.98. The third-order valence-corrected chi connectivity index (χ3v) is 3.41. The first-order valence-electron chi connectivity index (χ1n) is 6.11. The summed E-state index contributed by atoms with van der Waals surface area (Å²) in [4.78, 5) is 6.57. The van der Waals surface area contributed by atoms with Crippen LogP contribution in [-0.4, -0.2) is 41.7 Å². The molecule has 0 saturated carbocycles. The van der Waals surface area contributed by atoms with Gasteiger partial charge in [0.15, 0.2) is 0 Å². The molecule has 0 aliphatic carbocycles. The summed E-state index contributed by atoms with van der Waals surface area (Å²) in [6.45, 7) is 8.73. The van der Waals surface area contributed by atoms with Gasteiger partial charge in [-0.3, -0.25) is 4.90 Å². The zero-order valence-electron chi connectivity index (χ0n) is 11.3. The molecule has 0 amide bonds. The van der Waals surface area contributed by atoms with Crippen LogP contribution in [0.15, 0.2) is 12.3 Å². The molecule has 18 heavy (non-hydrogen) atoms. The van der Waals surface area contributed by atoms with Crippen LogP contribution in [0, 0.1) is 0 Å². The fourth-order valence-corrected chi connectivity index (χ4v) is 2.19. The maximum atomic E-state index is 5.95. The number of hydrogen-bond acceptors (Lipinski definition) is 4. The molecule has 0 radical (unpaired) electrons. The van der Waals surface area contributed by atoms with Crippen LogP contribution < -0.4 is 10.1 Å².